The maximum absolute atomic E-state index is 13.4. The maximum Gasteiger partial charge on any atom is 0.148 e. The fraction of sp³-hybridized carbons (Fsp3) is 0.288. The number of ether oxygens (including phenoxy) is 2. The van der Waals surface area contributed by atoms with Gasteiger partial charge in [0.2, 0.25) is 0 Å². The first kappa shape index (κ1) is 65.1. The third-order valence-corrected chi connectivity index (χ3v) is 14.8. The number of hydrogen-bond donors (Lipinski definition) is 3. The van der Waals surface area contributed by atoms with Gasteiger partial charge >= 0.3 is 0 Å². The van der Waals surface area contributed by atoms with E-state index in [-0.39, 0.29) is 67.7 Å². The van der Waals surface area contributed by atoms with Crippen LogP contribution < -0.4 is 25.4 Å². The second-order valence-corrected chi connectivity index (χ2v) is 22.5. The van der Waals surface area contributed by atoms with Crippen molar-refractivity contribution in [1.82, 2.24) is 40.0 Å². The molecule has 2 aliphatic rings. The van der Waals surface area contributed by atoms with E-state index >= 15 is 0 Å². The van der Waals surface area contributed by atoms with Crippen molar-refractivity contribution in [3.63, 3.8) is 0 Å². The summed E-state index contributed by atoms with van der Waals surface area (Å²) in [6.07, 6.45) is 7.62. The van der Waals surface area contributed by atoms with Gasteiger partial charge in [-0.05, 0) is 107 Å². The first-order valence-corrected chi connectivity index (χ1v) is 29.4. The third-order valence-electron chi connectivity index (χ3n) is 13.3. The van der Waals surface area contributed by atoms with Gasteiger partial charge in [-0.3, -0.25) is 14.7 Å². The second-order valence-electron chi connectivity index (χ2n) is 19.4. The van der Waals surface area contributed by atoms with Gasteiger partial charge in [0.25, 0.3) is 0 Å². The molecule has 0 atom stereocenters. The number of hydrogen-bond acceptors (Lipinski definition) is 18. The molecule has 4 heterocycles. The van der Waals surface area contributed by atoms with Crippen molar-refractivity contribution in [1.29, 1.82) is 0 Å². The summed E-state index contributed by atoms with van der Waals surface area (Å²) < 4.78 is 61.2. The summed E-state index contributed by atoms with van der Waals surface area (Å²) in [5, 5.41) is 20.7. The summed E-state index contributed by atoms with van der Waals surface area (Å²) in [6, 6.07) is 34.7. The Hall–Kier alpha value is -6.46. The first-order valence-electron chi connectivity index (χ1n) is 26.6. The van der Waals surface area contributed by atoms with Gasteiger partial charge in [-0.2, -0.15) is 0 Å². The van der Waals surface area contributed by atoms with Gasteiger partial charge in [-0.1, -0.05) is 69.9 Å². The minimum Gasteiger partial charge on any atom is -0.487 e. The van der Waals surface area contributed by atoms with Crippen molar-refractivity contribution in [2.24, 2.45) is 10.3 Å². The van der Waals surface area contributed by atoms with Gasteiger partial charge in [0.05, 0.1) is 39.3 Å². The van der Waals surface area contributed by atoms with E-state index in [0.29, 0.717) is 64.2 Å². The molecule has 6 aromatic carbocycles. The molecule has 8 aromatic rings. The number of aromatic nitrogens is 4. The van der Waals surface area contributed by atoms with Crippen molar-refractivity contribution in [3.8, 4) is 11.5 Å². The Bertz CT molecular complexity index is 3610. The minimum atomic E-state index is -2.94. The molecule has 0 saturated carbocycles. The zero-order valence-electron chi connectivity index (χ0n) is 46.0. The molecular formula is C59H62Cl2F2N12O6SV2. The van der Waals surface area contributed by atoms with E-state index in [1.807, 2.05) is 48.5 Å². The van der Waals surface area contributed by atoms with Gasteiger partial charge in [0.1, 0.15) is 83.7 Å². The largest absolute Gasteiger partial charge is 0.487 e. The van der Waals surface area contributed by atoms with Crippen LogP contribution in [0.2, 0.25) is 10.0 Å². The molecule has 0 amide bonds. The Morgan fingerprint density at radius 1 is 0.583 bits per heavy atom. The zero-order valence-corrected chi connectivity index (χ0v) is 51.1. The first-order chi connectivity index (χ1) is 39.9. The topological polar surface area (TPSA) is 193 Å². The number of oxime groups is 2. The molecule has 0 bridgehead atoms. The quantitative estimate of drug-likeness (QED) is 0.0311. The number of nitrogens with zero attached hydrogens (tertiary/aromatic N) is 9. The van der Waals surface area contributed by atoms with Crippen LogP contribution in [0.4, 0.5) is 31.8 Å². The average molecular weight is 1280 g/mol. The molecule has 3 N–H and O–H groups in total. The van der Waals surface area contributed by atoms with Crippen LogP contribution in [0.1, 0.15) is 22.3 Å². The molecule has 0 aliphatic carbocycles. The van der Waals surface area contributed by atoms with Crippen molar-refractivity contribution >= 4 is 90.3 Å². The zero-order chi connectivity index (χ0) is 57.1. The van der Waals surface area contributed by atoms with Gasteiger partial charge in [0.15, 0.2) is 0 Å². The fourth-order valence-electron chi connectivity index (χ4n) is 8.86. The molecule has 2 aliphatic heterocycles. The molecule has 2 fully saturated rings. The second kappa shape index (κ2) is 32.7. The summed E-state index contributed by atoms with van der Waals surface area (Å²) >= 11 is 12.9. The Balaban J connectivity index is 0.000000238. The number of benzene rings is 6. The van der Waals surface area contributed by atoms with E-state index in [9.17, 15) is 17.2 Å². The summed E-state index contributed by atoms with van der Waals surface area (Å²) in [5.74, 6) is 1.80. The predicted octanol–water partition coefficient (Wildman–Crippen LogP) is 9.75. The molecule has 2 saturated heterocycles. The monoisotopic (exact) mass is 1280 g/mol. The molecular weight excluding hydrogens is 1220 g/mol. The standard InChI is InChI=1S/C31H34ClFN6O4S.C28H28ClFN6O2.2V/c1-44(40,41)16-14-39-11-9-38(10-12-39)13-15-43-36-20-23-5-7-29-27(18-23)31(35-22-34-29)37-26-6-8-30(28(32)19-26)42-21-24-3-2-4-25(33)17-24;29-25-16-23(5-7-27(25)37-18-21-2-1-3-22(30)14-21)35-28-24-15-20(4-6-26(24)32-19-33-28)17-34-38-13-12-36-10-8-31-9-11-36;;/h2-8,17-20,22H,9-16,21H2,1H3,(H,34,35,37);1-7,14-17,19,31H,8-13,18H2,(H,32,33,35);;/b36-20+;34-17+;;. The van der Waals surface area contributed by atoms with Crippen molar-refractivity contribution in [3.05, 3.63) is 178 Å². The molecule has 10 rings (SSSR count). The van der Waals surface area contributed by atoms with Crippen LogP contribution in [0.25, 0.3) is 21.8 Å². The molecule has 25 heteroatoms. The summed E-state index contributed by atoms with van der Waals surface area (Å²) in [5.41, 5.74) is 6.14. The molecule has 0 unspecified atom stereocenters. The molecule has 18 nitrogen and oxygen atoms in total. The number of piperazine rings is 2. The maximum atomic E-state index is 13.4. The number of halogens is 4. The van der Waals surface area contributed by atoms with Gasteiger partial charge in [-0.15, -0.1) is 0 Å². The van der Waals surface area contributed by atoms with Crippen molar-refractivity contribution in [2.45, 2.75) is 13.2 Å². The molecule has 0 spiro atoms. The van der Waals surface area contributed by atoms with E-state index in [4.69, 9.17) is 42.4 Å². The minimum absolute atomic E-state index is 0. The van der Waals surface area contributed by atoms with Gasteiger partial charge in [0, 0.05) is 138 Å². The number of rotatable bonds is 23. The number of anilines is 4. The van der Waals surface area contributed by atoms with Crippen LogP contribution in [0.15, 0.2) is 144 Å². The van der Waals surface area contributed by atoms with E-state index in [1.165, 1.54) is 43.2 Å². The van der Waals surface area contributed by atoms with E-state index in [1.54, 1.807) is 61.0 Å². The normalized spacial score (nSPS) is 14.1. The molecule has 438 valence electrons. The molecule has 2 radical (unpaired) electrons. The van der Waals surface area contributed by atoms with E-state index in [2.05, 4.69) is 60.9 Å². The summed E-state index contributed by atoms with van der Waals surface area (Å²) in [4.78, 5) is 35.4. The number of nitrogens with one attached hydrogen (secondary N) is 3. The van der Waals surface area contributed by atoms with E-state index in [0.717, 1.165) is 110 Å². The van der Waals surface area contributed by atoms with Gasteiger partial charge in [-0.25, -0.2) is 37.1 Å². The summed E-state index contributed by atoms with van der Waals surface area (Å²) in [7, 11) is -2.94. The Labute approximate surface area is 521 Å². The Morgan fingerprint density at radius 2 is 1.04 bits per heavy atom. The van der Waals surface area contributed by atoms with Crippen LogP contribution in [0.5, 0.6) is 11.5 Å². The third kappa shape index (κ3) is 20.4. The van der Waals surface area contributed by atoms with Crippen molar-refractivity contribution < 1.29 is 73.5 Å². The van der Waals surface area contributed by atoms with E-state index < -0.39 is 9.84 Å². The van der Waals surface area contributed by atoms with Crippen LogP contribution in [-0.2, 0) is 69.8 Å². The molecule has 84 heavy (non-hydrogen) atoms. The SMILES string of the molecule is CS(=O)(=O)CCN1CCN(CCO/N=C/c2ccc3ncnc(Nc4ccc(OCc5cccc(F)c5)c(Cl)c4)c3c2)CC1.Fc1cccc(COc2ccc(Nc3ncnc4ccc(/C=N/OCCN5CCNCC5)cc34)cc2Cl)c1.[V].[V]. The molecule has 2 aromatic heterocycles. The Kier molecular flexibility index (Phi) is 25.4. The van der Waals surface area contributed by atoms with Crippen LogP contribution >= 0.6 is 23.2 Å². The smallest absolute Gasteiger partial charge is 0.148 e. The summed E-state index contributed by atoms with van der Waals surface area (Å²) in [6.45, 7) is 11.1. The van der Waals surface area contributed by atoms with Gasteiger partial charge < -0.3 is 35.1 Å². The van der Waals surface area contributed by atoms with Crippen molar-refractivity contribution in [2.75, 3.05) is 108 Å². The van der Waals surface area contributed by atoms with Crippen LogP contribution in [0.3, 0.4) is 0 Å². The average Bonchev–Trinajstić information content (AvgIpc) is 3.49. The Morgan fingerprint density at radius 3 is 1.48 bits per heavy atom. The predicted molar refractivity (Wildman–Crippen MR) is 319 cm³/mol. The van der Waals surface area contributed by atoms with Crippen LogP contribution in [0, 0.1) is 11.6 Å². The number of fused-ring (bicyclic) bond motifs is 2. The fourth-order valence-corrected chi connectivity index (χ4v) is 9.92. The van der Waals surface area contributed by atoms with Crippen LogP contribution in [-0.4, -0.2) is 153 Å². The number of sulfone groups is 1.